The van der Waals surface area contributed by atoms with E-state index in [1.807, 2.05) is 19.1 Å². The molecule has 0 bridgehead atoms. The van der Waals surface area contributed by atoms with Gasteiger partial charge in [0.2, 0.25) is 5.91 Å². The van der Waals surface area contributed by atoms with Crippen molar-refractivity contribution in [3.05, 3.63) is 51.8 Å². The van der Waals surface area contributed by atoms with Crippen molar-refractivity contribution in [2.24, 2.45) is 10.9 Å². The molecule has 1 saturated heterocycles. The predicted octanol–water partition coefficient (Wildman–Crippen LogP) is 6.86. The molecule has 44 heavy (non-hydrogen) atoms. The van der Waals surface area contributed by atoms with Crippen molar-refractivity contribution in [3.8, 4) is 0 Å². The van der Waals surface area contributed by atoms with Crippen LogP contribution in [0.5, 0.6) is 0 Å². The van der Waals surface area contributed by atoms with Gasteiger partial charge in [-0.2, -0.15) is 0 Å². The molecule has 3 N–H and O–H groups in total. The Morgan fingerprint density at radius 3 is 2.18 bits per heavy atom. The number of piperazine rings is 1. The number of hydrogen-bond acceptors (Lipinski definition) is 7. The smallest absolute Gasteiger partial charge is 0.300 e. The maximum absolute atomic E-state index is 13.8. The molecule has 2 aromatic rings. The van der Waals surface area contributed by atoms with E-state index in [9.17, 15) is 14.0 Å². The second kappa shape index (κ2) is 23.2. The molecule has 1 fully saturated rings. The van der Waals surface area contributed by atoms with E-state index < -0.39 is 5.97 Å². The van der Waals surface area contributed by atoms with Crippen molar-refractivity contribution in [1.82, 2.24) is 10.2 Å². The van der Waals surface area contributed by atoms with E-state index in [2.05, 4.69) is 52.9 Å². The number of carboxylic acids is 1. The average molecular weight is 657 g/mol. The van der Waals surface area contributed by atoms with Crippen molar-refractivity contribution < 1.29 is 23.9 Å². The number of anilines is 2. The van der Waals surface area contributed by atoms with Crippen LogP contribution < -0.4 is 15.5 Å². The van der Waals surface area contributed by atoms with Crippen LogP contribution in [0.4, 0.5) is 21.5 Å². The van der Waals surface area contributed by atoms with E-state index in [4.69, 9.17) is 33.1 Å². The van der Waals surface area contributed by atoms with Crippen LogP contribution in [0.15, 0.2) is 35.3 Å². The number of carboxylic acid groups (broad SMARTS) is 1. The highest BCUT2D eigenvalue weighted by Gasteiger charge is 2.18. The summed E-state index contributed by atoms with van der Waals surface area (Å²) in [4.78, 5) is 37.9. The number of aliphatic carboxylic acids is 1. The number of benzene rings is 2. The molecule has 9 nitrogen and oxygen atoms in total. The van der Waals surface area contributed by atoms with Gasteiger partial charge in [0.25, 0.3) is 5.97 Å². The highest BCUT2D eigenvalue weighted by Crippen LogP contribution is 2.34. The van der Waals surface area contributed by atoms with E-state index in [-0.39, 0.29) is 18.3 Å². The second-order valence-electron chi connectivity index (χ2n) is 10.2. The van der Waals surface area contributed by atoms with Gasteiger partial charge in [0.15, 0.2) is 0 Å². The second-order valence-corrected chi connectivity index (χ2v) is 11.0. The lowest BCUT2D eigenvalue weighted by Gasteiger charge is -2.35. The molecule has 1 heterocycles. The number of likely N-dealkylation sites (N-methyl/N-ethyl adjacent to an activating group) is 1. The number of carbonyl (C=O) groups excluding carboxylic acids is 2. The van der Waals surface area contributed by atoms with Gasteiger partial charge >= 0.3 is 0 Å². The first-order chi connectivity index (χ1) is 20.8. The number of aliphatic imine (C=N–C) groups is 1. The third kappa shape index (κ3) is 17.8. The highest BCUT2D eigenvalue weighted by atomic mass is 35.5. The van der Waals surface area contributed by atoms with Crippen LogP contribution >= 0.6 is 23.2 Å². The van der Waals surface area contributed by atoms with Gasteiger partial charge in [0.1, 0.15) is 12.1 Å². The van der Waals surface area contributed by atoms with Gasteiger partial charge in [-0.1, -0.05) is 56.5 Å². The monoisotopic (exact) mass is 655 g/mol. The largest absolute Gasteiger partial charge is 0.481 e. The van der Waals surface area contributed by atoms with Crippen LogP contribution in [0.3, 0.4) is 0 Å². The minimum absolute atomic E-state index is 0.0722. The molecule has 0 aliphatic carbocycles. The van der Waals surface area contributed by atoms with Gasteiger partial charge < -0.3 is 30.3 Å². The molecule has 12 heteroatoms. The van der Waals surface area contributed by atoms with Gasteiger partial charge in [-0.25, -0.2) is 4.39 Å². The molecule has 0 spiro atoms. The Labute approximate surface area is 271 Å². The van der Waals surface area contributed by atoms with E-state index >= 15 is 0 Å². The molecule has 0 radical (unpaired) electrons. The maximum atomic E-state index is 13.8. The molecule has 2 aromatic carbocycles. The molecular formula is C32H48Cl2FN5O4. The summed E-state index contributed by atoms with van der Waals surface area (Å²) >= 11 is 11.6. The summed E-state index contributed by atoms with van der Waals surface area (Å²) in [5, 5.41) is 13.9. The zero-order valence-electron chi connectivity index (χ0n) is 26.8. The molecule has 1 unspecified atom stereocenters. The van der Waals surface area contributed by atoms with Crippen LogP contribution in [0.2, 0.25) is 10.0 Å². The highest BCUT2D eigenvalue weighted by molar-refractivity contribution is 6.42. The average Bonchev–Trinajstić information content (AvgIpc) is 2.97. The summed E-state index contributed by atoms with van der Waals surface area (Å²) in [6, 6.07) is 8.68. The number of aldehydes is 1. The Hall–Kier alpha value is -3.21. The number of rotatable bonds is 10. The third-order valence-corrected chi connectivity index (χ3v) is 7.05. The molecule has 1 aliphatic heterocycles. The Kier molecular flexibility index (Phi) is 21.5. The number of nitrogens with one attached hydrogen (secondary N) is 2. The predicted molar refractivity (Wildman–Crippen MR) is 182 cm³/mol. The van der Waals surface area contributed by atoms with Gasteiger partial charge in [0.05, 0.1) is 33.7 Å². The molecule has 246 valence electrons. The Balaban J connectivity index is 0.000000608. The molecule has 1 atom stereocenters. The fourth-order valence-electron chi connectivity index (χ4n) is 4.05. The van der Waals surface area contributed by atoms with Crippen molar-refractivity contribution in [1.29, 1.82) is 0 Å². The zero-order chi connectivity index (χ0) is 33.7. The maximum Gasteiger partial charge on any atom is 0.300 e. The number of nitrogens with zero attached hydrogens (tertiary/aromatic N) is 3. The normalized spacial score (nSPS) is 13.0. The standard InChI is InChI=1S/C13H19FN2.C9H8Cl2N2O.C8H17NO.C2H4O2/c1-3-15-6-8-16(9-7-15)13-5-4-11(2)10-12(13)14;1-12-8-4-6(10)7(11)5-9(8)13-2-3-14;1-4-5-7(2)6-9-8(3)10;1-2(3)4/h4-5,10H,3,6-9H2,1-2H3;3-5,13H,1-2H2;7H,4-6H2,1-3H3,(H,9,10);1H3,(H,3,4). The SMILES string of the molecule is C=Nc1cc(Cl)c(Cl)cc1NCC=O.CC(=O)O.CCCC(C)CNC(C)=O.CCN1CCN(c2ccc(C)cc2F)CC1. The van der Waals surface area contributed by atoms with Crippen molar-refractivity contribution in [3.63, 3.8) is 0 Å². The van der Waals surface area contributed by atoms with Crippen LogP contribution in [0.1, 0.15) is 53.0 Å². The zero-order valence-corrected chi connectivity index (χ0v) is 28.3. The topological polar surface area (TPSA) is 114 Å². The third-order valence-electron chi connectivity index (χ3n) is 6.33. The van der Waals surface area contributed by atoms with Gasteiger partial charge in [0, 0.05) is 46.6 Å². The molecule has 1 amide bonds. The van der Waals surface area contributed by atoms with E-state index in [1.165, 1.54) is 12.8 Å². The first kappa shape index (κ1) is 40.8. The summed E-state index contributed by atoms with van der Waals surface area (Å²) in [5.41, 5.74) is 2.94. The summed E-state index contributed by atoms with van der Waals surface area (Å²) in [6.07, 6.45) is 3.14. The van der Waals surface area contributed by atoms with E-state index in [1.54, 1.807) is 25.1 Å². The minimum atomic E-state index is -0.833. The van der Waals surface area contributed by atoms with Crippen molar-refractivity contribution >= 4 is 65.1 Å². The number of aryl methyl sites for hydroxylation is 1. The fourth-order valence-corrected chi connectivity index (χ4v) is 4.37. The first-order valence-corrected chi connectivity index (χ1v) is 15.4. The summed E-state index contributed by atoms with van der Waals surface area (Å²) in [7, 11) is 0. The Morgan fingerprint density at radius 2 is 1.70 bits per heavy atom. The Morgan fingerprint density at radius 1 is 1.11 bits per heavy atom. The lowest BCUT2D eigenvalue weighted by atomic mass is 10.1. The minimum Gasteiger partial charge on any atom is -0.481 e. The molecule has 0 saturated carbocycles. The van der Waals surface area contributed by atoms with Crippen molar-refractivity contribution in [2.75, 3.05) is 56.0 Å². The quantitative estimate of drug-likeness (QED) is 0.189. The lowest BCUT2D eigenvalue weighted by Crippen LogP contribution is -2.46. The van der Waals surface area contributed by atoms with Crippen LogP contribution in [-0.4, -0.2) is 80.7 Å². The number of hydrogen-bond donors (Lipinski definition) is 3. The first-order valence-electron chi connectivity index (χ1n) is 14.6. The number of amides is 1. The van der Waals surface area contributed by atoms with Crippen LogP contribution in [-0.2, 0) is 14.4 Å². The van der Waals surface area contributed by atoms with Crippen LogP contribution in [0, 0.1) is 18.7 Å². The van der Waals surface area contributed by atoms with Gasteiger partial charge in [-0.15, -0.1) is 0 Å². The van der Waals surface area contributed by atoms with Crippen molar-refractivity contribution in [2.45, 2.75) is 54.4 Å². The molecular weight excluding hydrogens is 608 g/mol. The van der Waals surface area contributed by atoms with E-state index in [0.29, 0.717) is 27.3 Å². The van der Waals surface area contributed by atoms with Gasteiger partial charge in [-0.3, -0.25) is 14.6 Å². The fraction of sp³-hybridized carbons (Fsp3) is 0.500. The summed E-state index contributed by atoms with van der Waals surface area (Å²) < 4.78 is 13.8. The number of halogens is 3. The Bertz CT molecular complexity index is 1170. The van der Waals surface area contributed by atoms with E-state index in [0.717, 1.165) is 63.7 Å². The number of carbonyl (C=O) groups is 3. The summed E-state index contributed by atoms with van der Waals surface area (Å²) in [5.74, 6) is -0.234. The van der Waals surface area contributed by atoms with Crippen LogP contribution in [0.25, 0.3) is 0 Å². The lowest BCUT2D eigenvalue weighted by molar-refractivity contribution is -0.134. The molecule has 3 rings (SSSR count). The molecule has 1 aliphatic rings. The molecule has 0 aromatic heterocycles. The summed E-state index contributed by atoms with van der Waals surface area (Å²) in [6.45, 7) is 20.4. The van der Waals surface area contributed by atoms with Gasteiger partial charge in [-0.05, 0) is 62.4 Å².